The van der Waals surface area contributed by atoms with E-state index < -0.39 is 0 Å². The van der Waals surface area contributed by atoms with Crippen molar-refractivity contribution in [1.29, 1.82) is 0 Å². The Labute approximate surface area is 113 Å². The van der Waals surface area contributed by atoms with Crippen molar-refractivity contribution in [2.24, 2.45) is 5.92 Å². The molecule has 0 heterocycles. The van der Waals surface area contributed by atoms with Crippen LogP contribution in [0.1, 0.15) is 44.0 Å². The van der Waals surface area contributed by atoms with Gasteiger partial charge in [0.25, 0.3) is 0 Å². The summed E-state index contributed by atoms with van der Waals surface area (Å²) in [7, 11) is 0. The zero-order chi connectivity index (χ0) is 14.0. The maximum absolute atomic E-state index is 11.9. The number of rotatable bonds is 4. The Bertz CT molecular complexity index is 487. The van der Waals surface area contributed by atoms with Crippen LogP contribution in [0.15, 0.2) is 24.3 Å². The molecule has 0 aliphatic heterocycles. The molecular weight excluding hydrogens is 240 g/mol. The van der Waals surface area contributed by atoms with Crippen LogP contribution < -0.4 is 10.6 Å². The van der Waals surface area contributed by atoms with E-state index in [0.717, 1.165) is 0 Å². The molecule has 1 fully saturated rings. The number of anilines is 1. The molecule has 1 aliphatic rings. The van der Waals surface area contributed by atoms with Gasteiger partial charge in [-0.2, -0.15) is 0 Å². The van der Waals surface area contributed by atoms with Crippen LogP contribution in [0.5, 0.6) is 0 Å². The molecule has 4 heteroatoms. The van der Waals surface area contributed by atoms with Crippen molar-refractivity contribution in [3.8, 4) is 0 Å². The zero-order valence-electron chi connectivity index (χ0n) is 11.6. The minimum atomic E-state index is -0.201. The maximum atomic E-state index is 11.9. The zero-order valence-corrected chi connectivity index (χ0v) is 11.6. The summed E-state index contributed by atoms with van der Waals surface area (Å²) < 4.78 is 0. The number of carbonyl (C=O) groups is 2. The fourth-order valence-electron chi connectivity index (χ4n) is 2.15. The van der Waals surface area contributed by atoms with Gasteiger partial charge in [-0.15, -0.1) is 0 Å². The lowest BCUT2D eigenvalue weighted by Gasteiger charge is -2.26. The van der Waals surface area contributed by atoms with Crippen LogP contribution in [-0.4, -0.2) is 17.4 Å². The molecular formula is C15H20N2O2. The Hall–Kier alpha value is -1.84. The van der Waals surface area contributed by atoms with Crippen molar-refractivity contribution in [3.63, 3.8) is 0 Å². The average molecular weight is 260 g/mol. The molecule has 2 rings (SSSR count). The highest BCUT2D eigenvalue weighted by molar-refractivity contribution is 5.95. The molecule has 0 radical (unpaired) electrons. The predicted octanol–water partition coefficient (Wildman–Crippen LogP) is 3.20. The monoisotopic (exact) mass is 260 g/mol. The highest BCUT2D eigenvalue weighted by Crippen LogP contribution is 2.39. The fraction of sp³-hybridized carbons (Fsp3) is 0.467. The molecule has 0 atom stereocenters. The van der Waals surface area contributed by atoms with Crippen molar-refractivity contribution >= 4 is 17.5 Å². The molecule has 102 valence electrons. The van der Waals surface area contributed by atoms with Crippen LogP contribution in [0.3, 0.4) is 0 Å². The summed E-state index contributed by atoms with van der Waals surface area (Å²) in [6.07, 6.45) is 2.36. The minimum absolute atomic E-state index is 0.0193. The first-order valence-corrected chi connectivity index (χ1v) is 6.58. The summed E-state index contributed by atoms with van der Waals surface area (Å²) in [6.45, 7) is 5.61. The molecule has 1 aromatic rings. The molecule has 19 heavy (non-hydrogen) atoms. The van der Waals surface area contributed by atoms with Crippen LogP contribution in [0.4, 0.5) is 10.5 Å². The largest absolute Gasteiger partial charge is 0.333 e. The lowest BCUT2D eigenvalue weighted by atomic mass is 9.99. The molecule has 4 nitrogen and oxygen atoms in total. The first kappa shape index (κ1) is 13.6. The van der Waals surface area contributed by atoms with Gasteiger partial charge in [-0.05, 0) is 63.8 Å². The van der Waals surface area contributed by atoms with E-state index in [4.69, 9.17) is 0 Å². The summed E-state index contributed by atoms with van der Waals surface area (Å²) in [5.74, 6) is 0.601. The van der Waals surface area contributed by atoms with Crippen molar-refractivity contribution in [2.45, 2.75) is 39.2 Å². The van der Waals surface area contributed by atoms with Gasteiger partial charge in [0.05, 0.1) is 0 Å². The molecule has 2 amide bonds. The Balaban J connectivity index is 1.93. The summed E-state index contributed by atoms with van der Waals surface area (Å²) in [5, 5.41) is 5.77. The second kappa shape index (κ2) is 5.03. The van der Waals surface area contributed by atoms with E-state index in [9.17, 15) is 9.59 Å². The molecule has 1 aromatic carbocycles. The third kappa shape index (κ3) is 3.56. The van der Waals surface area contributed by atoms with Crippen LogP contribution in [0.25, 0.3) is 0 Å². The van der Waals surface area contributed by atoms with Crippen molar-refractivity contribution in [1.82, 2.24) is 5.32 Å². The van der Waals surface area contributed by atoms with Crippen molar-refractivity contribution in [3.05, 3.63) is 29.8 Å². The summed E-state index contributed by atoms with van der Waals surface area (Å²) in [5.41, 5.74) is 1.17. The number of benzene rings is 1. The second-order valence-corrected chi connectivity index (χ2v) is 5.71. The number of ketones is 1. The van der Waals surface area contributed by atoms with E-state index in [0.29, 0.717) is 17.2 Å². The van der Waals surface area contributed by atoms with Crippen molar-refractivity contribution in [2.75, 3.05) is 5.32 Å². The highest BCUT2D eigenvalue weighted by atomic mass is 16.2. The number of Topliss-reactive ketones (excluding diaryl/α,β-unsaturated/α-hetero) is 1. The fourth-order valence-corrected chi connectivity index (χ4v) is 2.15. The topological polar surface area (TPSA) is 58.2 Å². The van der Waals surface area contributed by atoms with Crippen molar-refractivity contribution < 1.29 is 9.59 Å². The van der Waals surface area contributed by atoms with E-state index >= 15 is 0 Å². The van der Waals surface area contributed by atoms with E-state index in [1.807, 2.05) is 13.8 Å². The Morgan fingerprint density at radius 1 is 1.16 bits per heavy atom. The quantitative estimate of drug-likeness (QED) is 0.817. The number of urea groups is 1. The first-order valence-electron chi connectivity index (χ1n) is 6.58. The normalized spacial score (nSPS) is 14.9. The molecule has 0 spiro atoms. The van der Waals surface area contributed by atoms with Gasteiger partial charge in [0.1, 0.15) is 0 Å². The van der Waals surface area contributed by atoms with Gasteiger partial charge in [-0.3, -0.25) is 4.79 Å². The van der Waals surface area contributed by atoms with Gasteiger partial charge in [0.2, 0.25) is 0 Å². The van der Waals surface area contributed by atoms with Gasteiger partial charge >= 0.3 is 6.03 Å². The van der Waals surface area contributed by atoms with Crippen LogP contribution in [-0.2, 0) is 0 Å². The Kier molecular flexibility index (Phi) is 3.60. The molecule has 0 bridgehead atoms. The van der Waals surface area contributed by atoms with E-state index in [1.54, 1.807) is 24.3 Å². The van der Waals surface area contributed by atoms with Gasteiger partial charge in [0, 0.05) is 16.8 Å². The lowest BCUT2D eigenvalue weighted by molar-refractivity contribution is 0.101. The molecule has 0 aromatic heterocycles. The summed E-state index contributed by atoms with van der Waals surface area (Å²) in [4.78, 5) is 23.0. The number of nitrogens with one attached hydrogen (secondary N) is 2. The first-order chi connectivity index (χ1) is 8.88. The van der Waals surface area contributed by atoms with Crippen LogP contribution >= 0.6 is 0 Å². The minimum Gasteiger partial charge on any atom is -0.333 e. The predicted molar refractivity (Wildman–Crippen MR) is 75.4 cm³/mol. The van der Waals surface area contributed by atoms with Crippen LogP contribution in [0, 0.1) is 5.92 Å². The lowest BCUT2D eigenvalue weighted by Crippen LogP contribution is -2.47. The molecule has 1 aliphatic carbocycles. The van der Waals surface area contributed by atoms with Gasteiger partial charge < -0.3 is 10.6 Å². The van der Waals surface area contributed by atoms with E-state index in [1.165, 1.54) is 19.8 Å². The van der Waals surface area contributed by atoms with E-state index in [2.05, 4.69) is 10.6 Å². The maximum Gasteiger partial charge on any atom is 0.319 e. The Morgan fingerprint density at radius 2 is 1.74 bits per heavy atom. The third-order valence-electron chi connectivity index (χ3n) is 3.58. The summed E-state index contributed by atoms with van der Waals surface area (Å²) >= 11 is 0. The second-order valence-electron chi connectivity index (χ2n) is 5.71. The van der Waals surface area contributed by atoms with Gasteiger partial charge in [0.15, 0.2) is 5.78 Å². The SMILES string of the molecule is CC(=O)c1ccc(NC(=O)NC(C)(C)C2CC2)cc1. The smallest absolute Gasteiger partial charge is 0.319 e. The number of carbonyl (C=O) groups excluding carboxylic acids is 2. The molecule has 1 saturated carbocycles. The third-order valence-corrected chi connectivity index (χ3v) is 3.58. The van der Waals surface area contributed by atoms with Crippen LogP contribution in [0.2, 0.25) is 0 Å². The highest BCUT2D eigenvalue weighted by Gasteiger charge is 2.38. The molecule has 0 saturated heterocycles. The van der Waals surface area contributed by atoms with E-state index in [-0.39, 0.29) is 17.4 Å². The average Bonchev–Trinajstić information content (AvgIpc) is 3.12. The standard InChI is InChI=1S/C15H20N2O2/c1-10(18)11-4-8-13(9-5-11)16-14(19)17-15(2,3)12-6-7-12/h4-5,8-9,12H,6-7H2,1-3H3,(H2,16,17,19). The Morgan fingerprint density at radius 3 is 2.21 bits per heavy atom. The molecule has 2 N–H and O–H groups in total. The summed E-state index contributed by atoms with van der Waals surface area (Å²) in [6, 6.07) is 6.70. The molecule has 0 unspecified atom stereocenters. The number of hydrogen-bond donors (Lipinski definition) is 2. The number of hydrogen-bond acceptors (Lipinski definition) is 2. The number of amides is 2. The van der Waals surface area contributed by atoms with Gasteiger partial charge in [-0.25, -0.2) is 4.79 Å². The van der Waals surface area contributed by atoms with Gasteiger partial charge in [-0.1, -0.05) is 0 Å².